The molecular formula is C10H12FNOS. The van der Waals surface area contributed by atoms with Gasteiger partial charge in [0.25, 0.3) is 0 Å². The van der Waals surface area contributed by atoms with Crippen molar-refractivity contribution in [3.05, 3.63) is 29.8 Å². The average Bonchev–Trinajstić information content (AvgIpc) is 2.18. The summed E-state index contributed by atoms with van der Waals surface area (Å²) in [5, 5.41) is 0. The molecule has 76 valence electrons. The maximum Gasteiger partial charge on any atom is 0.175 e. The normalized spacial score (nSPS) is 10.1. The molecule has 0 atom stereocenters. The molecule has 0 aromatic carbocycles. The van der Waals surface area contributed by atoms with Crippen LogP contribution in [0.1, 0.15) is 23.7 Å². The summed E-state index contributed by atoms with van der Waals surface area (Å²) in [5.74, 6) is 0.575. The fourth-order valence-electron chi connectivity index (χ4n) is 0.988. The largest absolute Gasteiger partial charge is 0.293 e. The van der Waals surface area contributed by atoms with Crippen molar-refractivity contribution in [3.63, 3.8) is 0 Å². The van der Waals surface area contributed by atoms with Crippen molar-refractivity contribution >= 4 is 17.5 Å². The van der Waals surface area contributed by atoms with E-state index < -0.39 is 5.82 Å². The molecule has 0 bridgehead atoms. The number of ketones is 1. The summed E-state index contributed by atoms with van der Waals surface area (Å²) in [6.07, 6.45) is 3.52. The van der Waals surface area contributed by atoms with Gasteiger partial charge < -0.3 is 0 Å². The first kappa shape index (κ1) is 11.2. The van der Waals surface area contributed by atoms with Crippen LogP contribution in [-0.4, -0.2) is 22.3 Å². The molecule has 14 heavy (non-hydrogen) atoms. The van der Waals surface area contributed by atoms with Gasteiger partial charge in [-0.2, -0.15) is 11.8 Å². The molecule has 0 unspecified atom stereocenters. The lowest BCUT2D eigenvalue weighted by Crippen LogP contribution is -2.05. The highest BCUT2D eigenvalue weighted by molar-refractivity contribution is 7.99. The van der Waals surface area contributed by atoms with Crippen molar-refractivity contribution in [3.8, 4) is 0 Å². The maximum atomic E-state index is 13.1. The standard InChI is InChI=1S/C10H12FNOS/c1-2-5-14-7-10(13)8-3-4-12-6-9(8)11/h3-4,6H,2,5,7H2,1H3. The van der Waals surface area contributed by atoms with Crippen molar-refractivity contribution in [2.24, 2.45) is 0 Å². The van der Waals surface area contributed by atoms with Gasteiger partial charge in [-0.25, -0.2) is 4.39 Å². The highest BCUT2D eigenvalue weighted by atomic mass is 32.2. The highest BCUT2D eigenvalue weighted by Crippen LogP contribution is 2.10. The van der Waals surface area contributed by atoms with Gasteiger partial charge >= 0.3 is 0 Å². The van der Waals surface area contributed by atoms with Gasteiger partial charge in [0.15, 0.2) is 11.6 Å². The molecule has 0 amide bonds. The van der Waals surface area contributed by atoms with Gasteiger partial charge in [0.2, 0.25) is 0 Å². The zero-order valence-electron chi connectivity index (χ0n) is 8.00. The van der Waals surface area contributed by atoms with E-state index in [1.54, 1.807) is 0 Å². The molecule has 1 aromatic rings. The molecule has 0 N–H and O–H groups in total. The molecule has 0 saturated heterocycles. The maximum absolute atomic E-state index is 13.1. The fourth-order valence-corrected chi connectivity index (χ4v) is 1.76. The van der Waals surface area contributed by atoms with Crippen LogP contribution in [-0.2, 0) is 0 Å². The first-order chi connectivity index (χ1) is 6.75. The molecule has 1 heterocycles. The van der Waals surface area contributed by atoms with Crippen LogP contribution in [0.4, 0.5) is 4.39 Å². The fraction of sp³-hybridized carbons (Fsp3) is 0.400. The van der Waals surface area contributed by atoms with Crippen LogP contribution >= 0.6 is 11.8 Å². The van der Waals surface area contributed by atoms with E-state index in [1.165, 1.54) is 24.0 Å². The van der Waals surface area contributed by atoms with E-state index in [1.807, 2.05) is 6.92 Å². The predicted molar refractivity (Wildman–Crippen MR) is 56.1 cm³/mol. The van der Waals surface area contributed by atoms with E-state index in [-0.39, 0.29) is 11.3 Å². The first-order valence-electron chi connectivity index (χ1n) is 4.46. The number of carbonyl (C=O) groups is 1. The van der Waals surface area contributed by atoms with E-state index in [2.05, 4.69) is 4.98 Å². The number of halogens is 1. The number of Topliss-reactive ketones (excluding diaryl/α,β-unsaturated/α-hetero) is 1. The lowest BCUT2D eigenvalue weighted by Gasteiger charge is -2.00. The number of pyridine rings is 1. The lowest BCUT2D eigenvalue weighted by molar-refractivity contribution is 0.101. The predicted octanol–water partition coefficient (Wildman–Crippen LogP) is 2.55. The van der Waals surface area contributed by atoms with Crippen LogP contribution in [0.3, 0.4) is 0 Å². The molecule has 0 saturated carbocycles. The minimum absolute atomic E-state index is 0.142. The van der Waals surface area contributed by atoms with Gasteiger partial charge in [-0.3, -0.25) is 9.78 Å². The number of aromatic nitrogens is 1. The van der Waals surface area contributed by atoms with Gasteiger partial charge in [-0.05, 0) is 18.2 Å². The third-order valence-electron chi connectivity index (χ3n) is 1.65. The minimum atomic E-state index is -0.533. The topological polar surface area (TPSA) is 30.0 Å². The summed E-state index contributed by atoms with van der Waals surface area (Å²) >= 11 is 1.53. The lowest BCUT2D eigenvalue weighted by atomic mass is 10.2. The average molecular weight is 213 g/mol. The monoisotopic (exact) mass is 213 g/mol. The summed E-state index contributed by atoms with van der Waals surface area (Å²) in [4.78, 5) is 15.0. The molecule has 4 heteroatoms. The zero-order valence-corrected chi connectivity index (χ0v) is 8.81. The van der Waals surface area contributed by atoms with Crippen molar-refractivity contribution in [2.75, 3.05) is 11.5 Å². The number of rotatable bonds is 5. The summed E-state index contributed by atoms with van der Waals surface area (Å²) in [7, 11) is 0. The third-order valence-corrected chi connectivity index (χ3v) is 2.82. The third kappa shape index (κ3) is 3.10. The number of hydrogen-bond donors (Lipinski definition) is 0. The molecule has 1 aromatic heterocycles. The Morgan fingerprint density at radius 2 is 2.43 bits per heavy atom. The second kappa shape index (κ2) is 5.75. The quantitative estimate of drug-likeness (QED) is 0.556. The van der Waals surface area contributed by atoms with Crippen molar-refractivity contribution in [2.45, 2.75) is 13.3 Å². The summed E-state index contributed by atoms with van der Waals surface area (Å²) in [6, 6.07) is 1.42. The Balaban J connectivity index is 2.56. The molecule has 0 aliphatic heterocycles. The number of nitrogens with zero attached hydrogens (tertiary/aromatic N) is 1. The van der Waals surface area contributed by atoms with Crippen LogP contribution in [0.15, 0.2) is 18.5 Å². The van der Waals surface area contributed by atoms with E-state index in [4.69, 9.17) is 0 Å². The molecule has 0 spiro atoms. The van der Waals surface area contributed by atoms with Gasteiger partial charge in [0, 0.05) is 6.20 Å². The van der Waals surface area contributed by atoms with Gasteiger partial charge in [0.05, 0.1) is 17.5 Å². The molecule has 0 fully saturated rings. The molecule has 0 aliphatic rings. The van der Waals surface area contributed by atoms with Crippen LogP contribution < -0.4 is 0 Å². The minimum Gasteiger partial charge on any atom is -0.293 e. The van der Waals surface area contributed by atoms with Crippen LogP contribution in [0.2, 0.25) is 0 Å². The van der Waals surface area contributed by atoms with Crippen LogP contribution in [0, 0.1) is 5.82 Å². The van der Waals surface area contributed by atoms with E-state index >= 15 is 0 Å². The number of carbonyl (C=O) groups excluding carboxylic acids is 1. The van der Waals surface area contributed by atoms with E-state index in [9.17, 15) is 9.18 Å². The second-order valence-corrected chi connectivity index (χ2v) is 3.94. The molecule has 1 rings (SSSR count). The van der Waals surface area contributed by atoms with Gasteiger partial charge in [-0.15, -0.1) is 0 Å². The Morgan fingerprint density at radius 1 is 1.64 bits per heavy atom. The summed E-state index contributed by atoms with van der Waals surface area (Å²) in [6.45, 7) is 2.05. The Morgan fingerprint density at radius 3 is 3.07 bits per heavy atom. The van der Waals surface area contributed by atoms with Crippen LogP contribution in [0.5, 0.6) is 0 Å². The second-order valence-electron chi connectivity index (χ2n) is 2.83. The SMILES string of the molecule is CCCSCC(=O)c1ccncc1F. The summed E-state index contributed by atoms with van der Waals surface area (Å²) < 4.78 is 13.1. The molecule has 2 nitrogen and oxygen atoms in total. The van der Waals surface area contributed by atoms with Crippen molar-refractivity contribution in [1.82, 2.24) is 4.98 Å². The Hall–Kier alpha value is -0.900. The first-order valence-corrected chi connectivity index (χ1v) is 5.61. The Kier molecular flexibility index (Phi) is 4.59. The number of hydrogen-bond acceptors (Lipinski definition) is 3. The zero-order chi connectivity index (χ0) is 10.4. The molecular weight excluding hydrogens is 201 g/mol. The molecule has 0 aliphatic carbocycles. The van der Waals surface area contributed by atoms with Gasteiger partial charge in [-0.1, -0.05) is 6.92 Å². The van der Waals surface area contributed by atoms with E-state index in [0.29, 0.717) is 5.75 Å². The van der Waals surface area contributed by atoms with Gasteiger partial charge in [0.1, 0.15) is 0 Å². The molecule has 0 radical (unpaired) electrons. The Labute approximate surface area is 86.9 Å². The smallest absolute Gasteiger partial charge is 0.175 e. The van der Waals surface area contributed by atoms with Crippen molar-refractivity contribution in [1.29, 1.82) is 0 Å². The van der Waals surface area contributed by atoms with Crippen LogP contribution in [0.25, 0.3) is 0 Å². The highest BCUT2D eigenvalue weighted by Gasteiger charge is 2.10. The van der Waals surface area contributed by atoms with Crippen molar-refractivity contribution < 1.29 is 9.18 Å². The summed E-state index contributed by atoms with van der Waals surface area (Å²) in [5.41, 5.74) is 0.142. The van der Waals surface area contributed by atoms with E-state index in [0.717, 1.165) is 18.4 Å². The Bertz CT molecular complexity index is 317. The number of thioether (sulfide) groups is 1.